The average molecular weight is 198 g/mol. The summed E-state index contributed by atoms with van der Waals surface area (Å²) >= 11 is 0. The molecule has 4 heteroatoms. The van der Waals surface area contributed by atoms with Crippen molar-refractivity contribution in [3.05, 3.63) is 23.9 Å². The van der Waals surface area contributed by atoms with Crippen molar-refractivity contribution in [2.24, 2.45) is 4.36 Å². The van der Waals surface area contributed by atoms with Crippen molar-refractivity contribution in [3.63, 3.8) is 0 Å². The lowest BCUT2D eigenvalue weighted by Crippen LogP contribution is -1.98. The molecule has 0 amide bonds. The molecule has 0 bridgehead atoms. The van der Waals surface area contributed by atoms with Gasteiger partial charge in [0.05, 0.1) is 9.73 Å². The van der Waals surface area contributed by atoms with Crippen LogP contribution in [0.1, 0.15) is 12.5 Å². The first kappa shape index (κ1) is 10.2. The van der Waals surface area contributed by atoms with E-state index in [-0.39, 0.29) is 0 Å². The van der Waals surface area contributed by atoms with E-state index in [1.807, 2.05) is 26.0 Å². The first-order valence-corrected chi connectivity index (χ1v) is 6.26. The van der Waals surface area contributed by atoms with E-state index in [0.717, 1.165) is 5.56 Å². The highest BCUT2D eigenvalue weighted by Crippen LogP contribution is 2.15. The molecule has 0 aromatic carbocycles. The van der Waals surface area contributed by atoms with Gasteiger partial charge in [-0.15, -0.1) is 0 Å². The van der Waals surface area contributed by atoms with E-state index in [4.69, 9.17) is 0 Å². The summed E-state index contributed by atoms with van der Waals surface area (Å²) in [5, 5.41) is 0. The number of nitrogens with zero attached hydrogens (tertiary/aromatic N) is 2. The lowest BCUT2D eigenvalue weighted by molar-refractivity contribution is 0.681. The Morgan fingerprint density at radius 3 is 2.85 bits per heavy atom. The maximum atomic E-state index is 11.7. The van der Waals surface area contributed by atoms with Crippen LogP contribution in [0, 0.1) is 6.92 Å². The Morgan fingerprint density at radius 2 is 2.31 bits per heavy atom. The van der Waals surface area contributed by atoms with Crippen LogP contribution in [0.25, 0.3) is 0 Å². The number of hydrogen-bond acceptors (Lipinski definition) is 3. The first-order chi connectivity index (χ1) is 6.05. The molecular formula is C9H14N2OS. The van der Waals surface area contributed by atoms with Crippen LogP contribution < -0.4 is 0 Å². The Balaban J connectivity index is 3.19. The van der Waals surface area contributed by atoms with Gasteiger partial charge < -0.3 is 0 Å². The van der Waals surface area contributed by atoms with Crippen LogP contribution in [0.5, 0.6) is 0 Å². The Bertz CT molecular complexity index is 406. The highest BCUT2D eigenvalue weighted by Gasteiger charge is 2.00. The summed E-state index contributed by atoms with van der Waals surface area (Å²) in [6, 6.07) is 3.76. The van der Waals surface area contributed by atoms with Crippen LogP contribution in [0.2, 0.25) is 0 Å². The molecule has 0 aliphatic carbocycles. The molecule has 0 radical (unpaired) electrons. The van der Waals surface area contributed by atoms with Crippen molar-refractivity contribution in [1.82, 2.24) is 4.98 Å². The largest absolute Gasteiger partial charge is 0.250 e. The molecule has 0 unspecified atom stereocenters. The lowest BCUT2D eigenvalue weighted by atomic mass is 10.3. The summed E-state index contributed by atoms with van der Waals surface area (Å²) in [6.45, 7) is 3.78. The van der Waals surface area contributed by atoms with Gasteiger partial charge in [-0.25, -0.2) is 9.19 Å². The summed E-state index contributed by atoms with van der Waals surface area (Å²) in [5.74, 6) is 1.15. The SMILES string of the molecule is CC[S@](C)(=O)=Nc1ncccc1C. The Hall–Kier alpha value is -0.900. The molecule has 1 heterocycles. The quantitative estimate of drug-likeness (QED) is 0.730. The standard InChI is InChI=1S/C9H14N2OS/c1-4-13(3,12)11-9-8(2)6-5-7-10-9/h5-7H,4H2,1-3H3/t13-/m0/s1. The first-order valence-electron chi connectivity index (χ1n) is 4.16. The summed E-state index contributed by atoms with van der Waals surface area (Å²) in [7, 11) is -2.08. The van der Waals surface area contributed by atoms with Crippen LogP contribution in [0.15, 0.2) is 22.7 Å². The fourth-order valence-electron chi connectivity index (χ4n) is 0.820. The molecule has 0 saturated carbocycles. The van der Waals surface area contributed by atoms with E-state index in [0.29, 0.717) is 11.6 Å². The summed E-state index contributed by atoms with van der Waals surface area (Å²) in [6.07, 6.45) is 3.32. The molecule has 0 N–H and O–H groups in total. The molecule has 1 atom stereocenters. The van der Waals surface area contributed by atoms with Crippen molar-refractivity contribution >= 4 is 15.5 Å². The number of rotatable bonds is 2. The van der Waals surface area contributed by atoms with Gasteiger partial charge in [0, 0.05) is 18.2 Å². The average Bonchev–Trinajstić information content (AvgIpc) is 2.09. The number of hydrogen-bond donors (Lipinski definition) is 0. The van der Waals surface area contributed by atoms with Crippen LogP contribution in [-0.4, -0.2) is 21.2 Å². The Morgan fingerprint density at radius 1 is 1.62 bits per heavy atom. The van der Waals surface area contributed by atoms with Gasteiger partial charge in [0.15, 0.2) is 5.82 Å². The van der Waals surface area contributed by atoms with E-state index in [2.05, 4.69) is 9.35 Å². The van der Waals surface area contributed by atoms with Gasteiger partial charge in [0.1, 0.15) is 0 Å². The third kappa shape index (κ3) is 2.81. The van der Waals surface area contributed by atoms with Gasteiger partial charge in [0.2, 0.25) is 0 Å². The van der Waals surface area contributed by atoms with Crippen LogP contribution >= 0.6 is 0 Å². The minimum Gasteiger partial charge on any atom is -0.250 e. The molecule has 0 spiro atoms. The van der Waals surface area contributed by atoms with Gasteiger partial charge in [-0.2, -0.15) is 4.36 Å². The van der Waals surface area contributed by atoms with Gasteiger partial charge in [-0.05, 0) is 18.6 Å². The second-order valence-corrected chi connectivity index (χ2v) is 5.66. The monoisotopic (exact) mass is 198 g/mol. The summed E-state index contributed by atoms with van der Waals surface area (Å²) < 4.78 is 15.8. The smallest absolute Gasteiger partial charge is 0.164 e. The Kier molecular flexibility index (Phi) is 3.03. The molecular weight excluding hydrogens is 184 g/mol. The fourth-order valence-corrected chi connectivity index (χ4v) is 1.51. The third-order valence-electron chi connectivity index (χ3n) is 1.80. The second kappa shape index (κ2) is 3.87. The van der Waals surface area contributed by atoms with E-state index in [9.17, 15) is 4.21 Å². The predicted molar refractivity (Wildman–Crippen MR) is 55.7 cm³/mol. The minimum absolute atomic E-state index is 0.559. The van der Waals surface area contributed by atoms with Crippen LogP contribution in [0.4, 0.5) is 5.82 Å². The molecule has 1 aromatic rings. The van der Waals surface area contributed by atoms with Crippen molar-refractivity contribution in [2.75, 3.05) is 12.0 Å². The molecule has 0 aliphatic rings. The van der Waals surface area contributed by atoms with Gasteiger partial charge in [-0.1, -0.05) is 13.0 Å². The Labute approximate surface area is 79.4 Å². The zero-order valence-corrected chi connectivity index (χ0v) is 8.97. The van der Waals surface area contributed by atoms with Crippen molar-refractivity contribution in [2.45, 2.75) is 13.8 Å². The molecule has 0 fully saturated rings. The second-order valence-electron chi connectivity index (χ2n) is 2.98. The number of aryl methyl sites for hydroxylation is 1. The topological polar surface area (TPSA) is 42.3 Å². The maximum Gasteiger partial charge on any atom is 0.164 e. The third-order valence-corrected chi connectivity index (χ3v) is 3.43. The van der Waals surface area contributed by atoms with Crippen molar-refractivity contribution in [3.8, 4) is 0 Å². The number of aromatic nitrogens is 1. The molecule has 1 rings (SSSR count). The van der Waals surface area contributed by atoms with E-state index < -0.39 is 9.73 Å². The highest BCUT2D eigenvalue weighted by molar-refractivity contribution is 7.93. The van der Waals surface area contributed by atoms with Crippen molar-refractivity contribution in [1.29, 1.82) is 0 Å². The zero-order valence-electron chi connectivity index (χ0n) is 8.15. The van der Waals surface area contributed by atoms with E-state index in [1.54, 1.807) is 12.5 Å². The highest BCUT2D eigenvalue weighted by atomic mass is 32.2. The zero-order chi connectivity index (χ0) is 9.90. The fraction of sp³-hybridized carbons (Fsp3) is 0.444. The summed E-state index contributed by atoms with van der Waals surface area (Å²) in [5.41, 5.74) is 0.963. The molecule has 13 heavy (non-hydrogen) atoms. The van der Waals surface area contributed by atoms with E-state index in [1.165, 1.54) is 0 Å². The normalized spacial score (nSPS) is 15.0. The molecule has 1 aromatic heterocycles. The maximum absolute atomic E-state index is 11.7. The molecule has 72 valence electrons. The van der Waals surface area contributed by atoms with Gasteiger partial charge in [-0.3, -0.25) is 0 Å². The van der Waals surface area contributed by atoms with Gasteiger partial charge >= 0.3 is 0 Å². The summed E-state index contributed by atoms with van der Waals surface area (Å²) in [4.78, 5) is 4.07. The molecule has 0 aliphatic heterocycles. The lowest BCUT2D eigenvalue weighted by Gasteiger charge is -2.01. The minimum atomic E-state index is -2.08. The van der Waals surface area contributed by atoms with Crippen LogP contribution in [0.3, 0.4) is 0 Å². The molecule has 0 saturated heterocycles. The van der Waals surface area contributed by atoms with Gasteiger partial charge in [0.25, 0.3) is 0 Å². The van der Waals surface area contributed by atoms with Crippen molar-refractivity contribution < 1.29 is 4.21 Å². The van der Waals surface area contributed by atoms with Crippen LogP contribution in [-0.2, 0) is 9.73 Å². The predicted octanol–water partition coefficient (Wildman–Crippen LogP) is 2.14. The molecule has 3 nitrogen and oxygen atoms in total. The number of pyridine rings is 1. The van der Waals surface area contributed by atoms with E-state index >= 15 is 0 Å².